The standard InChI is InChI=1S/C16H17BrFNO2/c1-9-4-5-12(17)10(6-9)16(19)11-7-14(20-2)15(21-3)8-13(11)18/h4-8,16H,19H2,1-3H3. The van der Waals surface area contributed by atoms with Gasteiger partial charge in [0.25, 0.3) is 0 Å². The maximum absolute atomic E-state index is 14.3. The molecular weight excluding hydrogens is 337 g/mol. The van der Waals surface area contributed by atoms with Crippen LogP contribution in [-0.2, 0) is 0 Å². The first-order valence-corrected chi connectivity index (χ1v) is 7.20. The van der Waals surface area contributed by atoms with Crippen molar-refractivity contribution in [3.05, 3.63) is 57.3 Å². The molecule has 0 aliphatic heterocycles. The number of hydrogen-bond acceptors (Lipinski definition) is 3. The molecular formula is C16H17BrFNO2. The van der Waals surface area contributed by atoms with Crippen molar-refractivity contribution in [1.82, 2.24) is 0 Å². The number of aryl methyl sites for hydroxylation is 1. The van der Waals surface area contributed by atoms with E-state index in [9.17, 15) is 4.39 Å². The summed E-state index contributed by atoms with van der Waals surface area (Å²) in [6, 6.07) is 8.07. The Labute approximate surface area is 132 Å². The van der Waals surface area contributed by atoms with E-state index < -0.39 is 11.9 Å². The summed E-state index contributed by atoms with van der Waals surface area (Å²) in [4.78, 5) is 0. The minimum Gasteiger partial charge on any atom is -0.493 e. The number of rotatable bonds is 4. The molecule has 2 aromatic rings. The highest BCUT2D eigenvalue weighted by Gasteiger charge is 2.19. The van der Waals surface area contributed by atoms with Crippen LogP contribution in [0.3, 0.4) is 0 Å². The molecule has 21 heavy (non-hydrogen) atoms. The zero-order valence-electron chi connectivity index (χ0n) is 12.1. The molecule has 0 aromatic heterocycles. The molecule has 2 aromatic carbocycles. The van der Waals surface area contributed by atoms with Gasteiger partial charge in [0.15, 0.2) is 11.5 Å². The van der Waals surface area contributed by atoms with Crippen LogP contribution in [-0.4, -0.2) is 14.2 Å². The summed E-state index contributed by atoms with van der Waals surface area (Å²) in [5.41, 5.74) is 8.48. The topological polar surface area (TPSA) is 44.5 Å². The van der Waals surface area contributed by atoms with E-state index in [1.807, 2.05) is 25.1 Å². The number of methoxy groups -OCH3 is 2. The average molecular weight is 354 g/mol. The molecule has 0 saturated carbocycles. The van der Waals surface area contributed by atoms with Crippen molar-refractivity contribution in [2.75, 3.05) is 14.2 Å². The summed E-state index contributed by atoms with van der Waals surface area (Å²) in [6.07, 6.45) is 0. The molecule has 2 rings (SSSR count). The van der Waals surface area contributed by atoms with Crippen LogP contribution in [0.1, 0.15) is 22.7 Å². The van der Waals surface area contributed by atoms with Crippen LogP contribution < -0.4 is 15.2 Å². The predicted octanol–water partition coefficient (Wildman–Crippen LogP) is 3.96. The molecule has 0 aliphatic carbocycles. The number of benzene rings is 2. The first-order chi connectivity index (χ1) is 9.97. The lowest BCUT2D eigenvalue weighted by Gasteiger charge is -2.18. The van der Waals surface area contributed by atoms with Gasteiger partial charge in [0.2, 0.25) is 0 Å². The molecule has 2 N–H and O–H groups in total. The Hall–Kier alpha value is -1.59. The molecule has 0 amide bonds. The Kier molecular flexibility index (Phi) is 4.85. The molecule has 5 heteroatoms. The van der Waals surface area contributed by atoms with Gasteiger partial charge in [-0.05, 0) is 24.6 Å². The average Bonchev–Trinajstić information content (AvgIpc) is 2.48. The Morgan fingerprint density at radius 1 is 1.05 bits per heavy atom. The highest BCUT2D eigenvalue weighted by Crippen LogP contribution is 2.35. The van der Waals surface area contributed by atoms with E-state index in [-0.39, 0.29) is 0 Å². The SMILES string of the molecule is COc1cc(F)c(C(N)c2cc(C)ccc2Br)cc1OC. The molecule has 0 aliphatic rings. The molecule has 0 spiro atoms. The third-order valence-electron chi connectivity index (χ3n) is 3.32. The Balaban J connectivity index is 2.52. The zero-order chi connectivity index (χ0) is 15.6. The fourth-order valence-electron chi connectivity index (χ4n) is 2.18. The lowest BCUT2D eigenvalue weighted by Crippen LogP contribution is -2.15. The van der Waals surface area contributed by atoms with Gasteiger partial charge in [-0.3, -0.25) is 0 Å². The lowest BCUT2D eigenvalue weighted by molar-refractivity contribution is 0.351. The highest BCUT2D eigenvalue weighted by molar-refractivity contribution is 9.10. The molecule has 0 radical (unpaired) electrons. The van der Waals surface area contributed by atoms with E-state index in [1.165, 1.54) is 20.3 Å². The van der Waals surface area contributed by atoms with Crippen molar-refractivity contribution < 1.29 is 13.9 Å². The van der Waals surface area contributed by atoms with Crippen LogP contribution in [0.25, 0.3) is 0 Å². The monoisotopic (exact) mass is 353 g/mol. The molecule has 1 unspecified atom stereocenters. The minimum absolute atomic E-state index is 0.342. The fourth-order valence-corrected chi connectivity index (χ4v) is 2.67. The van der Waals surface area contributed by atoms with Crippen LogP contribution in [0, 0.1) is 12.7 Å². The second kappa shape index (κ2) is 6.45. The van der Waals surface area contributed by atoms with Gasteiger partial charge < -0.3 is 15.2 Å². The predicted molar refractivity (Wildman–Crippen MR) is 84.4 cm³/mol. The molecule has 0 fully saturated rings. The summed E-state index contributed by atoms with van der Waals surface area (Å²) in [5.74, 6) is 0.371. The Bertz CT molecular complexity index is 661. The maximum atomic E-state index is 14.3. The normalized spacial score (nSPS) is 12.1. The van der Waals surface area contributed by atoms with E-state index in [0.29, 0.717) is 17.1 Å². The summed E-state index contributed by atoms with van der Waals surface area (Å²) in [5, 5.41) is 0. The van der Waals surface area contributed by atoms with E-state index in [2.05, 4.69) is 15.9 Å². The first-order valence-electron chi connectivity index (χ1n) is 6.41. The molecule has 112 valence electrons. The smallest absolute Gasteiger partial charge is 0.163 e. The number of halogens is 2. The highest BCUT2D eigenvalue weighted by atomic mass is 79.9. The molecule has 1 atom stereocenters. The van der Waals surface area contributed by atoms with E-state index in [4.69, 9.17) is 15.2 Å². The van der Waals surface area contributed by atoms with Gasteiger partial charge in [-0.25, -0.2) is 4.39 Å². The van der Waals surface area contributed by atoms with Crippen LogP contribution in [0.15, 0.2) is 34.8 Å². The van der Waals surface area contributed by atoms with Gasteiger partial charge >= 0.3 is 0 Å². The van der Waals surface area contributed by atoms with Gasteiger partial charge in [-0.15, -0.1) is 0 Å². The van der Waals surface area contributed by atoms with Crippen molar-refractivity contribution in [2.24, 2.45) is 5.73 Å². The van der Waals surface area contributed by atoms with Crippen LogP contribution in [0.4, 0.5) is 4.39 Å². The zero-order valence-corrected chi connectivity index (χ0v) is 13.7. The molecule has 0 bridgehead atoms. The van der Waals surface area contributed by atoms with E-state index in [1.54, 1.807) is 6.07 Å². The minimum atomic E-state index is -0.598. The van der Waals surface area contributed by atoms with E-state index >= 15 is 0 Å². The number of nitrogens with two attached hydrogens (primary N) is 1. The van der Waals surface area contributed by atoms with Gasteiger partial charge in [0.05, 0.1) is 20.3 Å². The quantitative estimate of drug-likeness (QED) is 0.904. The summed E-state index contributed by atoms with van der Waals surface area (Å²) in [6.45, 7) is 1.97. The first kappa shape index (κ1) is 15.8. The number of hydrogen-bond donors (Lipinski definition) is 1. The van der Waals surface area contributed by atoms with Gasteiger partial charge in [0.1, 0.15) is 5.82 Å². The van der Waals surface area contributed by atoms with Crippen molar-refractivity contribution >= 4 is 15.9 Å². The van der Waals surface area contributed by atoms with Crippen LogP contribution >= 0.6 is 15.9 Å². The van der Waals surface area contributed by atoms with Crippen LogP contribution in [0.2, 0.25) is 0 Å². The third kappa shape index (κ3) is 3.19. The van der Waals surface area contributed by atoms with E-state index in [0.717, 1.165) is 15.6 Å². The second-order valence-electron chi connectivity index (χ2n) is 4.73. The third-order valence-corrected chi connectivity index (χ3v) is 4.05. The van der Waals surface area contributed by atoms with Crippen molar-refractivity contribution in [3.8, 4) is 11.5 Å². The lowest BCUT2D eigenvalue weighted by atomic mass is 9.97. The van der Waals surface area contributed by atoms with Crippen molar-refractivity contribution in [1.29, 1.82) is 0 Å². The second-order valence-corrected chi connectivity index (χ2v) is 5.59. The fraction of sp³-hybridized carbons (Fsp3) is 0.250. The maximum Gasteiger partial charge on any atom is 0.163 e. The summed E-state index contributed by atoms with van der Waals surface area (Å²) in [7, 11) is 2.97. The summed E-state index contributed by atoms with van der Waals surface area (Å²) < 4.78 is 25.4. The van der Waals surface area contributed by atoms with Gasteiger partial charge in [-0.2, -0.15) is 0 Å². The largest absolute Gasteiger partial charge is 0.493 e. The van der Waals surface area contributed by atoms with Crippen LogP contribution in [0.5, 0.6) is 11.5 Å². The molecule has 3 nitrogen and oxygen atoms in total. The summed E-state index contributed by atoms with van der Waals surface area (Å²) >= 11 is 3.46. The molecule has 0 saturated heterocycles. The number of ether oxygens (including phenoxy) is 2. The van der Waals surface area contributed by atoms with Gasteiger partial charge in [0, 0.05) is 16.1 Å². The van der Waals surface area contributed by atoms with Crippen molar-refractivity contribution in [3.63, 3.8) is 0 Å². The molecule has 0 heterocycles. The Morgan fingerprint density at radius 2 is 1.67 bits per heavy atom. The Morgan fingerprint density at radius 3 is 2.29 bits per heavy atom. The van der Waals surface area contributed by atoms with Gasteiger partial charge in [-0.1, -0.05) is 33.6 Å². The van der Waals surface area contributed by atoms with Crippen molar-refractivity contribution in [2.45, 2.75) is 13.0 Å².